The van der Waals surface area contributed by atoms with Gasteiger partial charge in [0.05, 0.1) is 12.1 Å². The Morgan fingerprint density at radius 3 is 2.16 bits per heavy atom. The molecule has 0 saturated heterocycles. The highest BCUT2D eigenvalue weighted by molar-refractivity contribution is 6.15. The molecular weight excluding hydrogens is 452 g/mol. The van der Waals surface area contributed by atoms with Gasteiger partial charge in [-0.1, -0.05) is 66.9 Å². The molecule has 0 N–H and O–H groups in total. The maximum Gasteiger partial charge on any atom is 0.216 e. The fourth-order valence-corrected chi connectivity index (χ4v) is 6.30. The van der Waals surface area contributed by atoms with Crippen LogP contribution in [0.15, 0.2) is 59.0 Å². The lowest BCUT2D eigenvalue weighted by Gasteiger charge is -2.16. The van der Waals surface area contributed by atoms with Gasteiger partial charge in [0.15, 0.2) is 11.4 Å². The normalized spacial score (nSPS) is 14.1. The van der Waals surface area contributed by atoms with Crippen molar-refractivity contribution in [3.05, 3.63) is 94.0 Å². The Bertz CT molecular complexity index is 1730. The third-order valence-electron chi connectivity index (χ3n) is 8.64. The van der Waals surface area contributed by atoms with Gasteiger partial charge < -0.3 is 4.42 Å². The molecule has 37 heavy (non-hydrogen) atoms. The van der Waals surface area contributed by atoms with E-state index in [2.05, 4.69) is 92.7 Å². The number of aryl methyl sites for hydroxylation is 2. The van der Waals surface area contributed by atoms with Gasteiger partial charge in [0.2, 0.25) is 5.69 Å². The first kappa shape index (κ1) is 23.5. The minimum atomic E-state index is 0.619. The van der Waals surface area contributed by atoms with E-state index in [1.54, 1.807) is 0 Å². The second-order valence-electron chi connectivity index (χ2n) is 10.8. The molecule has 3 nitrogen and oxygen atoms in total. The van der Waals surface area contributed by atoms with E-state index in [4.69, 9.17) is 11.0 Å². The van der Waals surface area contributed by atoms with Crippen LogP contribution in [0, 0.1) is 34.3 Å². The van der Waals surface area contributed by atoms with E-state index in [0.717, 1.165) is 38.6 Å². The zero-order valence-corrected chi connectivity index (χ0v) is 22.4. The van der Waals surface area contributed by atoms with Gasteiger partial charge in [-0.2, -0.15) is 4.57 Å². The molecule has 0 aliphatic heterocycles. The summed E-state index contributed by atoms with van der Waals surface area (Å²) >= 11 is 0. The number of hydrogen-bond acceptors (Lipinski definition) is 1. The molecule has 0 bridgehead atoms. The number of rotatable bonds is 3. The zero-order chi connectivity index (χ0) is 25.8. The quantitative estimate of drug-likeness (QED) is 0.184. The van der Waals surface area contributed by atoms with Gasteiger partial charge in [-0.3, -0.25) is 0 Å². The monoisotopic (exact) mass is 485 g/mol. The van der Waals surface area contributed by atoms with E-state index in [9.17, 15) is 0 Å². The van der Waals surface area contributed by atoms with E-state index in [1.165, 1.54) is 59.3 Å². The van der Waals surface area contributed by atoms with Crippen molar-refractivity contribution in [3.8, 4) is 22.4 Å². The topological polar surface area (TPSA) is 21.4 Å². The number of fused-ring (bicyclic) bond motifs is 3. The highest BCUT2D eigenvalue weighted by Gasteiger charge is 2.28. The lowest BCUT2D eigenvalue weighted by molar-refractivity contribution is -0.667. The average Bonchev–Trinajstić information content (AvgIpc) is 3.56. The average molecular weight is 486 g/mol. The number of benzene rings is 3. The summed E-state index contributed by atoms with van der Waals surface area (Å²) in [7, 11) is 2.17. The predicted molar refractivity (Wildman–Crippen MR) is 152 cm³/mol. The van der Waals surface area contributed by atoms with E-state index in [0.29, 0.717) is 11.6 Å². The second kappa shape index (κ2) is 8.89. The van der Waals surface area contributed by atoms with Crippen molar-refractivity contribution in [1.82, 2.24) is 0 Å². The fraction of sp³-hybridized carbons (Fsp3) is 0.294. The van der Waals surface area contributed by atoms with Crippen molar-refractivity contribution in [3.63, 3.8) is 0 Å². The first-order valence-corrected chi connectivity index (χ1v) is 13.3. The van der Waals surface area contributed by atoms with E-state index >= 15 is 0 Å². The third-order valence-corrected chi connectivity index (χ3v) is 8.64. The zero-order valence-electron chi connectivity index (χ0n) is 22.4. The molecule has 1 aliphatic rings. The van der Waals surface area contributed by atoms with Gasteiger partial charge in [-0.05, 0) is 56.2 Å². The van der Waals surface area contributed by atoms with Gasteiger partial charge in [-0.25, -0.2) is 4.85 Å². The summed E-state index contributed by atoms with van der Waals surface area (Å²) in [6, 6.07) is 19.2. The number of furan rings is 1. The largest absolute Gasteiger partial charge is 0.456 e. The Balaban J connectivity index is 1.68. The molecule has 3 aromatic carbocycles. The van der Waals surface area contributed by atoms with Crippen molar-refractivity contribution in [2.75, 3.05) is 0 Å². The molecule has 3 heteroatoms. The van der Waals surface area contributed by atoms with Gasteiger partial charge in [0.1, 0.15) is 18.2 Å². The summed E-state index contributed by atoms with van der Waals surface area (Å²) in [6.45, 7) is 16.6. The Morgan fingerprint density at radius 1 is 0.838 bits per heavy atom. The summed E-state index contributed by atoms with van der Waals surface area (Å²) < 4.78 is 9.14. The highest BCUT2D eigenvalue weighted by atomic mass is 16.3. The van der Waals surface area contributed by atoms with Crippen LogP contribution in [0.2, 0.25) is 0 Å². The van der Waals surface area contributed by atoms with Crippen LogP contribution in [0.5, 0.6) is 0 Å². The van der Waals surface area contributed by atoms with Crippen LogP contribution in [-0.2, 0) is 7.05 Å². The lowest BCUT2D eigenvalue weighted by atomic mass is 9.90. The number of hydrogen-bond donors (Lipinski definition) is 0. The molecule has 2 heterocycles. The van der Waals surface area contributed by atoms with E-state index in [-0.39, 0.29) is 0 Å². The molecule has 0 spiro atoms. The minimum Gasteiger partial charge on any atom is -0.456 e. The lowest BCUT2D eigenvalue weighted by Crippen LogP contribution is -2.36. The van der Waals surface area contributed by atoms with Gasteiger partial charge in [0.25, 0.3) is 0 Å². The Kier molecular flexibility index (Phi) is 5.64. The smallest absolute Gasteiger partial charge is 0.216 e. The third kappa shape index (κ3) is 3.66. The first-order chi connectivity index (χ1) is 17.9. The molecule has 0 unspecified atom stereocenters. The van der Waals surface area contributed by atoms with Gasteiger partial charge in [0, 0.05) is 34.9 Å². The molecular formula is C34H33N2O+. The number of aromatic nitrogens is 1. The molecule has 0 amide bonds. The van der Waals surface area contributed by atoms with Crippen LogP contribution >= 0.6 is 0 Å². The summed E-state index contributed by atoms with van der Waals surface area (Å²) in [5.74, 6) is 0.642. The van der Waals surface area contributed by atoms with Gasteiger partial charge in [-0.15, -0.1) is 0 Å². The fourth-order valence-electron chi connectivity index (χ4n) is 6.30. The Labute approximate surface area is 219 Å². The molecule has 1 saturated carbocycles. The van der Waals surface area contributed by atoms with Crippen molar-refractivity contribution >= 4 is 27.6 Å². The van der Waals surface area contributed by atoms with Crippen molar-refractivity contribution in [2.24, 2.45) is 7.05 Å². The molecule has 5 aromatic rings. The number of nitrogens with zero attached hydrogens (tertiary/aromatic N) is 2. The second-order valence-corrected chi connectivity index (χ2v) is 10.8. The van der Waals surface area contributed by atoms with Crippen LogP contribution in [0.25, 0.3) is 49.2 Å². The number of pyridine rings is 1. The molecule has 2 aromatic heterocycles. The SMILES string of the molecule is [C-]#[N+]c1ccc2c(oc3c(-c4cc(C5CCCC5)c(C)c(C)[n+]4C)c(C)ccc32)c1-c1ccc(C)cc1. The molecule has 6 rings (SSSR count). The molecule has 1 aliphatic carbocycles. The molecule has 0 radical (unpaired) electrons. The van der Waals surface area contributed by atoms with Crippen LogP contribution in [0.1, 0.15) is 59.5 Å². The molecule has 1 fully saturated rings. The van der Waals surface area contributed by atoms with Crippen LogP contribution in [0.3, 0.4) is 0 Å². The standard InChI is InChI=1S/C34H33N2O/c1-20-11-14-25(15-12-20)32-29(35-5)18-17-27-26-16-13-21(2)31(33(26)37-34(27)32)30-19-28(24-9-7-8-10-24)22(3)23(4)36(30)6/h11-19,24H,7-10H2,1-4,6H3/q+1. The van der Waals surface area contributed by atoms with Crippen LogP contribution < -0.4 is 4.57 Å². The van der Waals surface area contributed by atoms with Crippen LogP contribution in [0.4, 0.5) is 5.69 Å². The summed E-state index contributed by atoms with van der Waals surface area (Å²) in [4.78, 5) is 3.86. The maximum absolute atomic E-state index is 7.85. The summed E-state index contributed by atoms with van der Waals surface area (Å²) in [5, 5.41) is 2.16. The molecule has 184 valence electrons. The van der Waals surface area contributed by atoms with E-state index < -0.39 is 0 Å². The van der Waals surface area contributed by atoms with Crippen LogP contribution in [-0.4, -0.2) is 0 Å². The van der Waals surface area contributed by atoms with Crippen molar-refractivity contribution in [2.45, 2.75) is 59.3 Å². The van der Waals surface area contributed by atoms with Crippen molar-refractivity contribution < 1.29 is 8.98 Å². The summed E-state index contributed by atoms with van der Waals surface area (Å²) in [5.41, 5.74) is 13.2. The predicted octanol–water partition coefficient (Wildman–Crippen LogP) is 9.19. The maximum atomic E-state index is 7.85. The summed E-state index contributed by atoms with van der Waals surface area (Å²) in [6.07, 6.45) is 5.20. The first-order valence-electron chi connectivity index (χ1n) is 13.3. The minimum absolute atomic E-state index is 0.619. The van der Waals surface area contributed by atoms with Gasteiger partial charge >= 0.3 is 0 Å². The Hall–Kier alpha value is -3.90. The van der Waals surface area contributed by atoms with Crippen molar-refractivity contribution in [1.29, 1.82) is 0 Å². The highest BCUT2D eigenvalue weighted by Crippen LogP contribution is 2.45. The van der Waals surface area contributed by atoms with E-state index in [1.807, 2.05) is 6.07 Å². The Morgan fingerprint density at radius 2 is 1.49 bits per heavy atom. The molecule has 0 atom stereocenters.